The van der Waals surface area contributed by atoms with Crippen molar-refractivity contribution in [3.05, 3.63) is 24.0 Å². The molecule has 1 saturated heterocycles. The smallest absolute Gasteiger partial charge is 0.319 e. The Labute approximate surface area is 165 Å². The van der Waals surface area contributed by atoms with Crippen molar-refractivity contribution >= 4 is 16.7 Å². The number of benzene rings is 1. The first-order valence-electron chi connectivity index (χ1n) is 9.98. The molecule has 4 rings (SSSR count). The summed E-state index contributed by atoms with van der Waals surface area (Å²) in [6, 6.07) is 5.12. The van der Waals surface area contributed by atoms with Crippen LogP contribution in [0.15, 0.2) is 18.2 Å². The third kappa shape index (κ3) is 4.05. The number of piperidine rings is 1. The number of aromatic nitrogens is 2. The van der Waals surface area contributed by atoms with Crippen LogP contribution in [0, 0.1) is 11.2 Å². The van der Waals surface area contributed by atoms with Crippen molar-refractivity contribution in [3.8, 4) is 6.01 Å². The second-order valence-electron chi connectivity index (χ2n) is 9.01. The summed E-state index contributed by atoms with van der Waals surface area (Å²) < 4.78 is 20.5. The van der Waals surface area contributed by atoms with E-state index in [0.717, 1.165) is 38.8 Å². The molecule has 7 heteroatoms. The normalized spacial score (nSPS) is 24.0. The SMILES string of the molecule is CN(C)CC1(COc2nc(N3CCCC(C)(O)C3)c3cccc(F)c3n2)CC1. The molecule has 1 aliphatic heterocycles. The number of hydrogen-bond donors (Lipinski definition) is 1. The van der Waals surface area contributed by atoms with Gasteiger partial charge in [-0.15, -0.1) is 0 Å². The van der Waals surface area contributed by atoms with Crippen LogP contribution in [0.1, 0.15) is 32.6 Å². The minimum atomic E-state index is -0.784. The predicted octanol–water partition coefficient (Wildman–Crippen LogP) is 2.84. The zero-order chi connectivity index (χ0) is 19.9. The van der Waals surface area contributed by atoms with E-state index < -0.39 is 5.60 Å². The molecule has 1 aromatic heterocycles. The van der Waals surface area contributed by atoms with E-state index in [-0.39, 0.29) is 22.8 Å². The molecule has 1 N–H and O–H groups in total. The van der Waals surface area contributed by atoms with Gasteiger partial charge >= 0.3 is 6.01 Å². The molecule has 0 radical (unpaired) electrons. The lowest BCUT2D eigenvalue weighted by Crippen LogP contribution is -2.46. The Kier molecular flexibility index (Phi) is 4.91. The number of β-amino-alcohol motifs (C(OH)–C–C–N with tert-alkyl or cyclic N) is 1. The summed E-state index contributed by atoms with van der Waals surface area (Å²) in [5.41, 5.74) is -0.371. The lowest BCUT2D eigenvalue weighted by Gasteiger charge is -2.38. The molecule has 2 aromatic rings. The van der Waals surface area contributed by atoms with Crippen LogP contribution >= 0.6 is 0 Å². The van der Waals surface area contributed by atoms with Gasteiger partial charge in [0.2, 0.25) is 0 Å². The van der Waals surface area contributed by atoms with Crippen LogP contribution in [-0.4, -0.2) is 65.9 Å². The van der Waals surface area contributed by atoms with Crippen LogP contribution in [0.4, 0.5) is 10.2 Å². The van der Waals surface area contributed by atoms with Crippen LogP contribution in [0.3, 0.4) is 0 Å². The van der Waals surface area contributed by atoms with Crippen molar-refractivity contribution in [2.45, 2.75) is 38.2 Å². The van der Waals surface area contributed by atoms with Gasteiger partial charge in [-0.3, -0.25) is 0 Å². The zero-order valence-corrected chi connectivity index (χ0v) is 16.9. The molecule has 0 spiro atoms. The standard InChI is InChI=1S/C21H29FN4O2/c1-20(27)8-5-11-26(12-20)18-15-6-4-7-16(22)17(15)23-19(24-18)28-14-21(9-10-21)13-25(2)3/h4,6-7,27H,5,8-14H2,1-3H3. The summed E-state index contributed by atoms with van der Waals surface area (Å²) in [5.74, 6) is 0.251. The molecule has 152 valence electrons. The average Bonchev–Trinajstić information content (AvgIpc) is 3.38. The highest BCUT2D eigenvalue weighted by molar-refractivity contribution is 5.90. The third-order valence-corrected chi connectivity index (χ3v) is 5.73. The van der Waals surface area contributed by atoms with Gasteiger partial charge in [0.05, 0.1) is 12.2 Å². The van der Waals surface area contributed by atoms with Gasteiger partial charge in [-0.25, -0.2) is 4.39 Å². The topological polar surface area (TPSA) is 61.7 Å². The van der Waals surface area contributed by atoms with Crippen LogP contribution in [0.2, 0.25) is 0 Å². The summed E-state index contributed by atoms with van der Waals surface area (Å²) >= 11 is 0. The number of nitrogens with zero attached hydrogens (tertiary/aromatic N) is 4. The fourth-order valence-corrected chi connectivity index (χ4v) is 4.20. The van der Waals surface area contributed by atoms with Crippen LogP contribution in [-0.2, 0) is 0 Å². The monoisotopic (exact) mass is 388 g/mol. The third-order valence-electron chi connectivity index (χ3n) is 5.73. The van der Waals surface area contributed by atoms with Gasteiger partial charge in [-0.1, -0.05) is 6.07 Å². The number of fused-ring (bicyclic) bond motifs is 1. The Balaban J connectivity index is 1.65. The largest absolute Gasteiger partial charge is 0.463 e. The first-order valence-corrected chi connectivity index (χ1v) is 9.98. The second kappa shape index (κ2) is 7.12. The molecular weight excluding hydrogens is 359 g/mol. The molecule has 2 aliphatic rings. The lowest BCUT2D eigenvalue weighted by molar-refractivity contribution is 0.0447. The van der Waals surface area contributed by atoms with Crippen LogP contribution in [0.5, 0.6) is 6.01 Å². The van der Waals surface area contributed by atoms with Crippen molar-refractivity contribution < 1.29 is 14.2 Å². The maximum absolute atomic E-state index is 14.5. The fourth-order valence-electron chi connectivity index (χ4n) is 4.20. The zero-order valence-electron chi connectivity index (χ0n) is 16.9. The maximum atomic E-state index is 14.5. The molecule has 1 aliphatic carbocycles. The molecule has 1 aromatic carbocycles. The first-order chi connectivity index (χ1) is 13.3. The molecule has 0 bridgehead atoms. The first kappa shape index (κ1) is 19.3. The number of halogens is 1. The van der Waals surface area contributed by atoms with Gasteiger partial charge in [0, 0.05) is 30.4 Å². The van der Waals surface area contributed by atoms with Crippen molar-refractivity contribution in [3.63, 3.8) is 0 Å². The Bertz CT molecular complexity index is 867. The van der Waals surface area contributed by atoms with Crippen molar-refractivity contribution in [2.24, 2.45) is 5.41 Å². The van der Waals surface area contributed by atoms with E-state index in [4.69, 9.17) is 4.74 Å². The van der Waals surface area contributed by atoms with E-state index >= 15 is 0 Å². The Morgan fingerprint density at radius 1 is 1.25 bits per heavy atom. The Morgan fingerprint density at radius 3 is 2.71 bits per heavy atom. The van der Waals surface area contributed by atoms with Gasteiger partial charge in [0.25, 0.3) is 0 Å². The van der Waals surface area contributed by atoms with Gasteiger partial charge in [0.15, 0.2) is 0 Å². The number of rotatable bonds is 6. The number of hydrogen-bond acceptors (Lipinski definition) is 6. The molecule has 28 heavy (non-hydrogen) atoms. The van der Waals surface area contributed by atoms with E-state index in [9.17, 15) is 9.50 Å². The lowest BCUT2D eigenvalue weighted by atomic mass is 9.95. The number of para-hydroxylation sites is 1. The second-order valence-corrected chi connectivity index (χ2v) is 9.01. The van der Waals surface area contributed by atoms with E-state index in [1.165, 1.54) is 6.07 Å². The van der Waals surface area contributed by atoms with E-state index in [2.05, 4.69) is 29.0 Å². The highest BCUT2D eigenvalue weighted by Gasteiger charge is 2.44. The van der Waals surface area contributed by atoms with Gasteiger partial charge in [-0.2, -0.15) is 9.97 Å². The molecule has 2 fully saturated rings. The molecule has 0 amide bonds. The minimum absolute atomic E-state index is 0.145. The molecule has 2 heterocycles. The summed E-state index contributed by atoms with van der Waals surface area (Å²) in [5, 5.41) is 11.2. The summed E-state index contributed by atoms with van der Waals surface area (Å²) in [6.07, 6.45) is 3.84. The van der Waals surface area contributed by atoms with E-state index in [1.54, 1.807) is 6.07 Å². The predicted molar refractivity (Wildman–Crippen MR) is 107 cm³/mol. The minimum Gasteiger partial charge on any atom is -0.463 e. The highest BCUT2D eigenvalue weighted by atomic mass is 19.1. The Morgan fingerprint density at radius 2 is 2.04 bits per heavy atom. The van der Waals surface area contributed by atoms with Crippen molar-refractivity contribution in [2.75, 3.05) is 45.2 Å². The van der Waals surface area contributed by atoms with Gasteiger partial charge < -0.3 is 19.6 Å². The molecular formula is C21H29FN4O2. The molecule has 6 nitrogen and oxygen atoms in total. The van der Waals surface area contributed by atoms with Crippen molar-refractivity contribution in [1.29, 1.82) is 0 Å². The van der Waals surface area contributed by atoms with Gasteiger partial charge in [0.1, 0.15) is 17.2 Å². The summed E-state index contributed by atoms with van der Waals surface area (Å²) in [4.78, 5) is 13.2. The average molecular weight is 388 g/mol. The molecule has 1 unspecified atom stereocenters. The maximum Gasteiger partial charge on any atom is 0.319 e. The molecule has 1 saturated carbocycles. The van der Waals surface area contributed by atoms with Gasteiger partial charge in [-0.05, 0) is 58.8 Å². The highest BCUT2D eigenvalue weighted by Crippen LogP contribution is 2.46. The number of anilines is 1. The fraction of sp³-hybridized carbons (Fsp3) is 0.619. The van der Waals surface area contributed by atoms with Crippen LogP contribution < -0.4 is 9.64 Å². The van der Waals surface area contributed by atoms with Crippen molar-refractivity contribution in [1.82, 2.24) is 14.9 Å². The Hall–Kier alpha value is -1.99. The quantitative estimate of drug-likeness (QED) is 0.821. The summed E-state index contributed by atoms with van der Waals surface area (Å²) in [7, 11) is 4.12. The molecule has 1 atom stereocenters. The van der Waals surface area contributed by atoms with Crippen LogP contribution in [0.25, 0.3) is 10.9 Å². The summed E-state index contributed by atoms with van der Waals surface area (Å²) in [6.45, 7) is 4.54. The number of ether oxygens (including phenoxy) is 1. The van der Waals surface area contributed by atoms with E-state index in [1.807, 2.05) is 17.9 Å². The van der Waals surface area contributed by atoms with E-state index in [0.29, 0.717) is 24.4 Å². The number of aliphatic hydroxyl groups is 1.